The van der Waals surface area contributed by atoms with Crippen LogP contribution in [0.4, 0.5) is 0 Å². The largest absolute Gasteiger partial charge is 0.464 e. The summed E-state index contributed by atoms with van der Waals surface area (Å²) in [6.07, 6.45) is 6.28. The molecule has 8 atom stereocenters. The molecule has 0 aromatic carbocycles. The minimum atomic E-state index is -1.14. The van der Waals surface area contributed by atoms with Gasteiger partial charge in [0.25, 0.3) is 0 Å². The van der Waals surface area contributed by atoms with E-state index in [-0.39, 0.29) is 46.8 Å². The standard InChI is InChI=1S/C25H30O6/c1-20(2)13-6-9-24-11-22(4)17(27)16-18(28)30-12-25(16,24)23(5,19(22)29)10-14(24)21(13,3)8-7-15(26)31-20/h7-8,13-14,16H,6,9-12H2,1-5H3/t13-,14-,16+,21-,22-,23-,24-,25+/m0/s1. The van der Waals surface area contributed by atoms with Gasteiger partial charge in [0.15, 0.2) is 11.6 Å². The van der Waals surface area contributed by atoms with Crippen molar-refractivity contribution in [3.8, 4) is 0 Å². The van der Waals surface area contributed by atoms with Crippen LogP contribution in [0.2, 0.25) is 0 Å². The average Bonchev–Trinajstić information content (AvgIpc) is 3.09. The van der Waals surface area contributed by atoms with Crippen LogP contribution >= 0.6 is 0 Å². The number of carbonyl (C=O) groups is 4. The Labute approximate surface area is 182 Å². The van der Waals surface area contributed by atoms with Gasteiger partial charge in [-0.1, -0.05) is 19.9 Å². The van der Waals surface area contributed by atoms with Crippen LogP contribution in [0.1, 0.15) is 60.3 Å². The van der Waals surface area contributed by atoms with E-state index < -0.39 is 33.7 Å². The molecule has 1 saturated heterocycles. The van der Waals surface area contributed by atoms with Gasteiger partial charge in [0.1, 0.15) is 11.5 Å². The van der Waals surface area contributed by atoms with Gasteiger partial charge in [-0.3, -0.25) is 14.4 Å². The molecule has 6 nitrogen and oxygen atoms in total. The molecule has 2 aliphatic heterocycles. The molecule has 166 valence electrons. The molecule has 7 rings (SSSR count). The van der Waals surface area contributed by atoms with E-state index in [1.807, 2.05) is 26.8 Å². The van der Waals surface area contributed by atoms with Crippen LogP contribution < -0.4 is 0 Å². The van der Waals surface area contributed by atoms with Crippen molar-refractivity contribution in [1.29, 1.82) is 0 Å². The molecule has 5 saturated carbocycles. The Hall–Kier alpha value is -1.98. The van der Waals surface area contributed by atoms with Crippen molar-refractivity contribution >= 4 is 23.5 Å². The second kappa shape index (κ2) is 4.99. The third-order valence-electron chi connectivity index (χ3n) is 11.0. The molecule has 0 aromatic rings. The van der Waals surface area contributed by atoms with Gasteiger partial charge in [0.2, 0.25) is 0 Å². The zero-order chi connectivity index (χ0) is 22.4. The summed E-state index contributed by atoms with van der Waals surface area (Å²) < 4.78 is 11.4. The molecule has 0 N–H and O–H groups in total. The summed E-state index contributed by atoms with van der Waals surface area (Å²) in [6, 6.07) is 0. The van der Waals surface area contributed by atoms with Crippen molar-refractivity contribution in [3.05, 3.63) is 12.2 Å². The second-order valence-electron chi connectivity index (χ2n) is 12.3. The number of esters is 2. The summed E-state index contributed by atoms with van der Waals surface area (Å²) in [5, 5.41) is 0. The normalized spacial score (nSPS) is 55.8. The summed E-state index contributed by atoms with van der Waals surface area (Å²) in [7, 11) is 0. The lowest BCUT2D eigenvalue weighted by Crippen LogP contribution is -2.74. The first-order chi connectivity index (χ1) is 14.3. The predicted molar refractivity (Wildman–Crippen MR) is 108 cm³/mol. The highest BCUT2D eigenvalue weighted by Gasteiger charge is 2.90. The topological polar surface area (TPSA) is 86.7 Å². The molecule has 0 radical (unpaired) electrons. The molecule has 31 heavy (non-hydrogen) atoms. The molecule has 7 aliphatic rings. The number of cyclic esters (lactones) is 2. The van der Waals surface area contributed by atoms with Crippen LogP contribution in [0, 0.1) is 44.8 Å². The van der Waals surface area contributed by atoms with Crippen LogP contribution in [0.5, 0.6) is 0 Å². The van der Waals surface area contributed by atoms with E-state index >= 15 is 0 Å². The van der Waals surface area contributed by atoms with Gasteiger partial charge in [0, 0.05) is 22.8 Å². The Morgan fingerprint density at radius 2 is 1.71 bits per heavy atom. The van der Waals surface area contributed by atoms with E-state index in [9.17, 15) is 19.2 Å². The minimum Gasteiger partial charge on any atom is -0.464 e. The first-order valence-electron chi connectivity index (χ1n) is 11.5. The number of rotatable bonds is 0. The first-order valence-corrected chi connectivity index (χ1v) is 11.5. The van der Waals surface area contributed by atoms with Crippen molar-refractivity contribution in [2.75, 3.05) is 6.61 Å². The number of carbonyl (C=O) groups excluding carboxylic acids is 4. The molecular weight excluding hydrogens is 396 g/mol. The highest BCUT2D eigenvalue weighted by molar-refractivity contribution is 6.20. The van der Waals surface area contributed by atoms with Crippen molar-refractivity contribution in [2.24, 2.45) is 44.8 Å². The third-order valence-corrected chi connectivity index (χ3v) is 11.0. The van der Waals surface area contributed by atoms with Crippen molar-refractivity contribution < 1.29 is 28.7 Å². The highest BCUT2D eigenvalue weighted by Crippen LogP contribution is 2.86. The monoisotopic (exact) mass is 426 g/mol. The summed E-state index contributed by atoms with van der Waals surface area (Å²) in [5.41, 5.74) is -4.09. The first kappa shape index (κ1) is 19.7. The number of hydrogen-bond acceptors (Lipinski definition) is 6. The average molecular weight is 427 g/mol. The quantitative estimate of drug-likeness (QED) is 0.437. The number of ketones is 2. The molecule has 2 spiro atoms. The lowest BCUT2D eigenvalue weighted by atomic mass is 9.32. The molecule has 5 aliphatic carbocycles. The predicted octanol–water partition coefficient (Wildman–Crippen LogP) is 3.03. The Bertz CT molecular complexity index is 1030. The van der Waals surface area contributed by atoms with E-state index in [1.165, 1.54) is 0 Å². The van der Waals surface area contributed by atoms with Gasteiger partial charge >= 0.3 is 11.9 Å². The highest BCUT2D eigenvalue weighted by atomic mass is 16.6. The molecule has 6 heteroatoms. The van der Waals surface area contributed by atoms with E-state index in [1.54, 1.807) is 13.0 Å². The Morgan fingerprint density at radius 1 is 1.00 bits per heavy atom. The minimum absolute atomic E-state index is 0.0103. The lowest BCUT2D eigenvalue weighted by Gasteiger charge is -2.67. The fraction of sp³-hybridized carbons (Fsp3) is 0.760. The number of fused-ring (bicyclic) bond motifs is 2. The SMILES string of the molecule is CC1(C)OC(=O)C=C[C@@]2(C)[C@H]1CC[C@@]13C[C@@]4(C)C(=O)[C@@H]5C(=O)OC[C@]51[C@@](C)(C[C@@H]23)C4=O. The Morgan fingerprint density at radius 3 is 2.42 bits per heavy atom. The summed E-state index contributed by atoms with van der Waals surface area (Å²) in [5.74, 6) is -1.72. The zero-order valence-electron chi connectivity index (χ0n) is 18.9. The fourth-order valence-electron chi connectivity index (χ4n) is 10.1. The van der Waals surface area contributed by atoms with Crippen LogP contribution in [0.3, 0.4) is 0 Å². The van der Waals surface area contributed by atoms with Crippen molar-refractivity contribution in [2.45, 2.75) is 65.9 Å². The Balaban J connectivity index is 1.63. The van der Waals surface area contributed by atoms with E-state index in [0.29, 0.717) is 12.8 Å². The molecular formula is C25H30O6. The number of ether oxygens (including phenoxy) is 2. The van der Waals surface area contributed by atoms with Gasteiger partial charge in [-0.05, 0) is 63.2 Å². The zero-order valence-corrected chi connectivity index (χ0v) is 18.9. The van der Waals surface area contributed by atoms with Gasteiger partial charge in [-0.25, -0.2) is 4.79 Å². The second-order valence-corrected chi connectivity index (χ2v) is 12.3. The molecule has 0 amide bonds. The smallest absolute Gasteiger partial charge is 0.330 e. The molecule has 0 unspecified atom stereocenters. The molecule has 4 bridgehead atoms. The van der Waals surface area contributed by atoms with E-state index in [2.05, 4.69) is 6.92 Å². The van der Waals surface area contributed by atoms with E-state index in [0.717, 1.165) is 12.8 Å². The van der Waals surface area contributed by atoms with Crippen molar-refractivity contribution in [3.63, 3.8) is 0 Å². The van der Waals surface area contributed by atoms with Gasteiger partial charge in [-0.15, -0.1) is 0 Å². The summed E-state index contributed by atoms with van der Waals surface area (Å²) in [4.78, 5) is 52.7. The molecule has 0 aromatic heterocycles. The maximum Gasteiger partial charge on any atom is 0.330 e. The Kier molecular flexibility index (Phi) is 3.17. The maximum absolute atomic E-state index is 13.9. The number of allylic oxidation sites excluding steroid dienone is 1. The van der Waals surface area contributed by atoms with Crippen LogP contribution in [-0.2, 0) is 28.7 Å². The molecule has 2 heterocycles. The van der Waals surface area contributed by atoms with Gasteiger partial charge < -0.3 is 9.47 Å². The fourth-order valence-corrected chi connectivity index (χ4v) is 10.1. The lowest BCUT2D eigenvalue weighted by molar-refractivity contribution is -0.217. The van der Waals surface area contributed by atoms with E-state index in [4.69, 9.17) is 9.47 Å². The van der Waals surface area contributed by atoms with Gasteiger partial charge in [-0.2, -0.15) is 0 Å². The van der Waals surface area contributed by atoms with Crippen LogP contribution in [-0.4, -0.2) is 35.7 Å². The van der Waals surface area contributed by atoms with Gasteiger partial charge in [0.05, 0.1) is 12.0 Å². The third kappa shape index (κ3) is 1.69. The maximum atomic E-state index is 13.9. The number of Topliss-reactive ketones (excluding diaryl/α,β-unsaturated/α-hetero) is 2. The van der Waals surface area contributed by atoms with Crippen LogP contribution in [0.15, 0.2) is 12.2 Å². The number of hydrogen-bond donors (Lipinski definition) is 0. The summed E-state index contributed by atoms with van der Waals surface area (Å²) in [6.45, 7) is 10.1. The van der Waals surface area contributed by atoms with Crippen LogP contribution in [0.25, 0.3) is 0 Å². The summed E-state index contributed by atoms with van der Waals surface area (Å²) >= 11 is 0. The van der Waals surface area contributed by atoms with Crippen molar-refractivity contribution in [1.82, 2.24) is 0 Å². The molecule has 6 fully saturated rings.